The maximum absolute atomic E-state index is 9.30. The van der Waals surface area contributed by atoms with E-state index in [1.165, 1.54) is 57.4 Å². The first kappa shape index (κ1) is 15.5. The molecule has 96 valence electrons. The van der Waals surface area contributed by atoms with Gasteiger partial charge in [-0.3, -0.25) is 0 Å². The third kappa shape index (κ3) is 11.6. The first-order valence-electron chi connectivity index (χ1n) is 6.80. The highest BCUT2D eigenvalue weighted by molar-refractivity contribution is 4.81. The lowest BCUT2D eigenvalue weighted by Gasteiger charge is -2.04. The van der Waals surface area contributed by atoms with Crippen LogP contribution in [0.4, 0.5) is 0 Å². The standard InChI is InChI=1S/C14H28O2/c1-2-3-4-5-6-7-8-9-10-11-14(16)12-13-15/h12-16H,2-11H2,1H3. The molecule has 2 heteroatoms. The molecule has 0 saturated heterocycles. The van der Waals surface area contributed by atoms with E-state index < -0.39 is 6.10 Å². The summed E-state index contributed by atoms with van der Waals surface area (Å²) in [5.74, 6) is 0. The summed E-state index contributed by atoms with van der Waals surface area (Å²) in [7, 11) is 0. The SMILES string of the molecule is CCCCCCCCCCCC(O)C=CO. The Morgan fingerprint density at radius 3 is 1.88 bits per heavy atom. The summed E-state index contributed by atoms with van der Waals surface area (Å²) in [6.45, 7) is 2.24. The van der Waals surface area contributed by atoms with E-state index in [2.05, 4.69) is 6.92 Å². The molecule has 0 aliphatic rings. The van der Waals surface area contributed by atoms with Crippen molar-refractivity contribution in [3.63, 3.8) is 0 Å². The van der Waals surface area contributed by atoms with Crippen LogP contribution in [0.3, 0.4) is 0 Å². The van der Waals surface area contributed by atoms with Crippen LogP contribution >= 0.6 is 0 Å². The fourth-order valence-electron chi connectivity index (χ4n) is 1.86. The zero-order chi connectivity index (χ0) is 12.1. The summed E-state index contributed by atoms with van der Waals surface area (Å²) in [5.41, 5.74) is 0. The molecule has 2 nitrogen and oxygen atoms in total. The van der Waals surface area contributed by atoms with E-state index >= 15 is 0 Å². The smallest absolute Gasteiger partial charge is 0.0777 e. The molecule has 0 heterocycles. The van der Waals surface area contributed by atoms with Crippen molar-refractivity contribution in [3.8, 4) is 0 Å². The van der Waals surface area contributed by atoms with Gasteiger partial charge in [0.1, 0.15) is 0 Å². The van der Waals surface area contributed by atoms with E-state index in [0.29, 0.717) is 0 Å². The maximum Gasteiger partial charge on any atom is 0.0777 e. The molecule has 0 aliphatic heterocycles. The first-order valence-corrected chi connectivity index (χ1v) is 6.80. The third-order valence-electron chi connectivity index (χ3n) is 2.91. The lowest BCUT2D eigenvalue weighted by Crippen LogP contribution is -2.01. The van der Waals surface area contributed by atoms with E-state index in [1.807, 2.05) is 0 Å². The molecule has 0 fully saturated rings. The van der Waals surface area contributed by atoms with Crippen LogP contribution in [0.1, 0.15) is 71.1 Å². The Hall–Kier alpha value is -0.500. The van der Waals surface area contributed by atoms with Crippen molar-refractivity contribution in [2.45, 2.75) is 77.2 Å². The van der Waals surface area contributed by atoms with Crippen molar-refractivity contribution in [1.82, 2.24) is 0 Å². The molecule has 0 rings (SSSR count). The molecule has 0 bridgehead atoms. The molecule has 1 atom stereocenters. The zero-order valence-corrected chi connectivity index (χ0v) is 10.7. The van der Waals surface area contributed by atoms with Crippen LogP contribution < -0.4 is 0 Å². The van der Waals surface area contributed by atoms with Gasteiger partial charge in [0.2, 0.25) is 0 Å². The summed E-state index contributed by atoms with van der Waals surface area (Å²) in [5, 5.41) is 17.7. The van der Waals surface area contributed by atoms with Gasteiger partial charge in [0.05, 0.1) is 12.4 Å². The van der Waals surface area contributed by atoms with Crippen molar-refractivity contribution >= 4 is 0 Å². The molecule has 0 aromatic carbocycles. The lowest BCUT2D eigenvalue weighted by atomic mass is 10.1. The molecular formula is C14H28O2. The normalized spacial score (nSPS) is 13.4. The Morgan fingerprint density at radius 1 is 0.875 bits per heavy atom. The van der Waals surface area contributed by atoms with Crippen LogP contribution in [-0.4, -0.2) is 16.3 Å². The molecule has 2 N–H and O–H groups in total. The molecule has 1 unspecified atom stereocenters. The van der Waals surface area contributed by atoms with Gasteiger partial charge in [-0.2, -0.15) is 0 Å². The van der Waals surface area contributed by atoms with Gasteiger partial charge in [0.15, 0.2) is 0 Å². The molecule has 0 aliphatic carbocycles. The van der Waals surface area contributed by atoms with Gasteiger partial charge in [-0.1, -0.05) is 64.7 Å². The average Bonchev–Trinajstić information content (AvgIpc) is 2.27. The van der Waals surface area contributed by atoms with Gasteiger partial charge < -0.3 is 10.2 Å². The van der Waals surface area contributed by atoms with E-state index in [1.54, 1.807) is 0 Å². The molecular weight excluding hydrogens is 200 g/mol. The highest BCUT2D eigenvalue weighted by Gasteiger charge is 1.98. The van der Waals surface area contributed by atoms with Crippen LogP contribution in [0.2, 0.25) is 0 Å². The fraction of sp³-hybridized carbons (Fsp3) is 0.857. The Balaban J connectivity index is 3.04. The lowest BCUT2D eigenvalue weighted by molar-refractivity contribution is 0.205. The second-order valence-corrected chi connectivity index (χ2v) is 4.53. The Labute approximate surface area is 100 Å². The minimum absolute atomic E-state index is 0.463. The predicted molar refractivity (Wildman–Crippen MR) is 69.6 cm³/mol. The van der Waals surface area contributed by atoms with Crippen molar-refractivity contribution in [1.29, 1.82) is 0 Å². The van der Waals surface area contributed by atoms with Crippen LogP contribution in [0.15, 0.2) is 12.3 Å². The summed E-state index contributed by atoms with van der Waals surface area (Å²) >= 11 is 0. The maximum atomic E-state index is 9.30. The second-order valence-electron chi connectivity index (χ2n) is 4.53. The predicted octanol–water partition coefficient (Wildman–Crippen LogP) is 4.34. The molecule has 16 heavy (non-hydrogen) atoms. The minimum Gasteiger partial charge on any atom is -0.516 e. The number of unbranched alkanes of at least 4 members (excludes halogenated alkanes) is 8. The monoisotopic (exact) mass is 228 g/mol. The summed E-state index contributed by atoms with van der Waals surface area (Å²) in [4.78, 5) is 0. The zero-order valence-electron chi connectivity index (χ0n) is 10.7. The Bertz CT molecular complexity index is 155. The van der Waals surface area contributed by atoms with Gasteiger partial charge in [0.25, 0.3) is 0 Å². The number of hydrogen-bond donors (Lipinski definition) is 2. The van der Waals surface area contributed by atoms with Crippen LogP contribution in [-0.2, 0) is 0 Å². The van der Waals surface area contributed by atoms with Crippen LogP contribution in [0.5, 0.6) is 0 Å². The Kier molecular flexibility index (Phi) is 12.2. The van der Waals surface area contributed by atoms with Crippen molar-refractivity contribution in [2.75, 3.05) is 0 Å². The molecule has 0 radical (unpaired) electrons. The van der Waals surface area contributed by atoms with Gasteiger partial charge in [0, 0.05) is 0 Å². The van der Waals surface area contributed by atoms with E-state index in [0.717, 1.165) is 19.1 Å². The van der Waals surface area contributed by atoms with Crippen LogP contribution in [0, 0.1) is 0 Å². The molecule has 0 saturated carbocycles. The van der Waals surface area contributed by atoms with E-state index in [4.69, 9.17) is 5.11 Å². The minimum atomic E-state index is -0.463. The highest BCUT2D eigenvalue weighted by atomic mass is 16.3. The molecule has 0 aromatic heterocycles. The number of rotatable bonds is 11. The Morgan fingerprint density at radius 2 is 1.38 bits per heavy atom. The molecule has 0 aromatic rings. The molecule has 0 spiro atoms. The van der Waals surface area contributed by atoms with Crippen molar-refractivity contribution in [3.05, 3.63) is 12.3 Å². The first-order chi connectivity index (χ1) is 7.81. The van der Waals surface area contributed by atoms with Gasteiger partial charge in [-0.15, -0.1) is 0 Å². The number of aliphatic hydroxyl groups is 2. The number of hydrogen-bond acceptors (Lipinski definition) is 2. The third-order valence-corrected chi connectivity index (χ3v) is 2.91. The van der Waals surface area contributed by atoms with E-state index in [9.17, 15) is 5.11 Å². The average molecular weight is 228 g/mol. The van der Waals surface area contributed by atoms with Gasteiger partial charge in [-0.25, -0.2) is 0 Å². The summed E-state index contributed by atoms with van der Waals surface area (Å²) in [6, 6.07) is 0. The van der Waals surface area contributed by atoms with Gasteiger partial charge in [-0.05, 0) is 12.5 Å². The van der Waals surface area contributed by atoms with Gasteiger partial charge >= 0.3 is 0 Å². The second kappa shape index (κ2) is 12.6. The summed E-state index contributed by atoms with van der Waals surface area (Å²) < 4.78 is 0. The quantitative estimate of drug-likeness (QED) is 0.408. The van der Waals surface area contributed by atoms with Crippen molar-refractivity contribution in [2.24, 2.45) is 0 Å². The van der Waals surface area contributed by atoms with E-state index in [-0.39, 0.29) is 0 Å². The summed E-state index contributed by atoms with van der Waals surface area (Å²) in [6.07, 6.45) is 14.3. The fourth-order valence-corrected chi connectivity index (χ4v) is 1.86. The van der Waals surface area contributed by atoms with Crippen molar-refractivity contribution < 1.29 is 10.2 Å². The highest BCUT2D eigenvalue weighted by Crippen LogP contribution is 2.11. The number of aliphatic hydroxyl groups excluding tert-OH is 2. The van der Waals surface area contributed by atoms with Crippen LogP contribution in [0.25, 0.3) is 0 Å². The largest absolute Gasteiger partial charge is 0.516 e. The topological polar surface area (TPSA) is 40.5 Å². The molecule has 0 amide bonds.